The molecule has 0 unspecified atom stereocenters. The Labute approximate surface area is 140 Å². The molecular formula is C18H19N3O3. The van der Waals surface area contributed by atoms with Gasteiger partial charge in [-0.15, -0.1) is 0 Å². The van der Waals surface area contributed by atoms with Crippen molar-refractivity contribution in [2.24, 2.45) is 5.11 Å². The van der Waals surface area contributed by atoms with Gasteiger partial charge in [0.05, 0.1) is 18.8 Å². The van der Waals surface area contributed by atoms with Gasteiger partial charge in [-0.05, 0) is 23.2 Å². The molecule has 0 radical (unpaired) electrons. The molecule has 2 aromatic carbocycles. The largest absolute Gasteiger partial charge is 0.493 e. The van der Waals surface area contributed by atoms with Crippen molar-refractivity contribution >= 4 is 6.08 Å². The first-order valence-corrected chi connectivity index (χ1v) is 7.52. The summed E-state index contributed by atoms with van der Waals surface area (Å²) >= 11 is 0. The average Bonchev–Trinajstić information content (AvgIpc) is 2.64. The SMILES string of the molecule is [N-]=[N+]=N[C@@H](COc1ccccc1)[C@@H](O)[C@H](O)/C=C/c1ccccc1. The monoisotopic (exact) mass is 325 g/mol. The summed E-state index contributed by atoms with van der Waals surface area (Å²) in [5.41, 5.74) is 9.56. The van der Waals surface area contributed by atoms with E-state index in [4.69, 9.17) is 10.3 Å². The molecule has 6 heteroatoms. The molecule has 0 saturated heterocycles. The number of rotatable bonds is 8. The highest BCUT2D eigenvalue weighted by Gasteiger charge is 2.24. The van der Waals surface area contributed by atoms with Crippen LogP contribution in [-0.2, 0) is 0 Å². The van der Waals surface area contributed by atoms with Gasteiger partial charge in [-0.1, -0.05) is 65.8 Å². The Morgan fingerprint density at radius 3 is 2.29 bits per heavy atom. The summed E-state index contributed by atoms with van der Waals surface area (Å²) in [7, 11) is 0. The van der Waals surface area contributed by atoms with Crippen LogP contribution in [0.1, 0.15) is 5.56 Å². The van der Waals surface area contributed by atoms with Gasteiger partial charge in [0.1, 0.15) is 11.8 Å². The number of para-hydroxylation sites is 1. The van der Waals surface area contributed by atoms with Gasteiger partial charge in [0.2, 0.25) is 0 Å². The van der Waals surface area contributed by atoms with Crippen LogP contribution in [0.5, 0.6) is 5.75 Å². The zero-order valence-corrected chi connectivity index (χ0v) is 13.0. The van der Waals surface area contributed by atoms with E-state index in [2.05, 4.69) is 10.0 Å². The predicted octanol–water partition coefficient (Wildman–Crippen LogP) is 3.18. The second-order valence-corrected chi connectivity index (χ2v) is 5.15. The second-order valence-electron chi connectivity index (χ2n) is 5.15. The van der Waals surface area contributed by atoms with Crippen molar-refractivity contribution in [1.29, 1.82) is 0 Å². The van der Waals surface area contributed by atoms with E-state index >= 15 is 0 Å². The molecule has 0 aliphatic rings. The topological polar surface area (TPSA) is 98.5 Å². The van der Waals surface area contributed by atoms with Gasteiger partial charge in [-0.3, -0.25) is 0 Å². The van der Waals surface area contributed by atoms with E-state index in [1.807, 2.05) is 48.5 Å². The van der Waals surface area contributed by atoms with Crippen molar-refractivity contribution in [2.75, 3.05) is 6.61 Å². The summed E-state index contributed by atoms with van der Waals surface area (Å²) in [6.45, 7) is -0.0362. The Morgan fingerprint density at radius 2 is 1.67 bits per heavy atom. The highest BCUT2D eigenvalue weighted by molar-refractivity contribution is 5.49. The minimum absolute atomic E-state index is 0.0362. The minimum atomic E-state index is -1.27. The molecule has 0 spiro atoms. The Hall–Kier alpha value is -2.79. The standard InChI is InChI=1S/C18H19N3O3/c19-21-20-16(13-24-15-9-5-2-6-10-15)18(23)17(22)12-11-14-7-3-1-4-8-14/h1-12,16-18,22-23H,13H2/b12-11+/t16-,17+,18+/m0/s1. The molecule has 0 bridgehead atoms. The summed E-state index contributed by atoms with van der Waals surface area (Å²) in [6, 6.07) is 17.5. The van der Waals surface area contributed by atoms with E-state index in [0.717, 1.165) is 5.56 Å². The van der Waals surface area contributed by atoms with Gasteiger partial charge in [-0.25, -0.2) is 0 Å². The molecule has 0 saturated carbocycles. The zero-order chi connectivity index (χ0) is 17.2. The van der Waals surface area contributed by atoms with Crippen LogP contribution >= 0.6 is 0 Å². The molecule has 0 heterocycles. The highest BCUT2D eigenvalue weighted by Crippen LogP contribution is 2.13. The lowest BCUT2D eigenvalue weighted by molar-refractivity contribution is 0.0208. The highest BCUT2D eigenvalue weighted by atomic mass is 16.5. The summed E-state index contributed by atoms with van der Waals surface area (Å²) < 4.78 is 5.49. The first-order chi connectivity index (χ1) is 11.7. The minimum Gasteiger partial charge on any atom is -0.493 e. The van der Waals surface area contributed by atoms with E-state index in [1.165, 1.54) is 6.08 Å². The fourth-order valence-electron chi connectivity index (χ4n) is 2.08. The smallest absolute Gasteiger partial charge is 0.119 e. The lowest BCUT2D eigenvalue weighted by Crippen LogP contribution is -2.38. The van der Waals surface area contributed by atoms with Gasteiger partial charge in [0.25, 0.3) is 0 Å². The first kappa shape index (κ1) is 17.6. The molecule has 0 aliphatic heterocycles. The van der Waals surface area contributed by atoms with E-state index in [1.54, 1.807) is 18.2 Å². The van der Waals surface area contributed by atoms with Gasteiger partial charge in [0.15, 0.2) is 0 Å². The number of azide groups is 1. The van der Waals surface area contributed by atoms with Crippen LogP contribution in [0.2, 0.25) is 0 Å². The molecule has 0 amide bonds. The average molecular weight is 325 g/mol. The molecular weight excluding hydrogens is 306 g/mol. The summed E-state index contributed by atoms with van der Waals surface area (Å²) in [6.07, 6.45) is 0.700. The maximum atomic E-state index is 10.2. The van der Waals surface area contributed by atoms with E-state index < -0.39 is 18.2 Å². The molecule has 2 aromatic rings. The third-order valence-electron chi connectivity index (χ3n) is 3.39. The number of aliphatic hydroxyl groups is 2. The molecule has 2 N–H and O–H groups in total. The first-order valence-electron chi connectivity index (χ1n) is 7.52. The number of benzene rings is 2. The number of aliphatic hydroxyl groups excluding tert-OH is 2. The van der Waals surface area contributed by atoms with Crippen LogP contribution in [0, 0.1) is 0 Å². The Kier molecular flexibility index (Phi) is 6.86. The van der Waals surface area contributed by atoms with E-state index in [9.17, 15) is 10.2 Å². The Balaban J connectivity index is 1.98. The maximum absolute atomic E-state index is 10.2. The van der Waals surface area contributed by atoms with Crippen molar-refractivity contribution in [2.45, 2.75) is 18.2 Å². The number of nitrogens with zero attached hydrogens (tertiary/aromatic N) is 3. The van der Waals surface area contributed by atoms with Gasteiger partial charge in [-0.2, -0.15) is 0 Å². The molecule has 2 rings (SSSR count). The Morgan fingerprint density at radius 1 is 1.04 bits per heavy atom. The fraction of sp³-hybridized carbons (Fsp3) is 0.222. The number of ether oxygens (including phenoxy) is 1. The maximum Gasteiger partial charge on any atom is 0.119 e. The van der Waals surface area contributed by atoms with E-state index in [0.29, 0.717) is 5.75 Å². The van der Waals surface area contributed by atoms with Crippen LogP contribution in [0.25, 0.3) is 16.5 Å². The molecule has 6 nitrogen and oxygen atoms in total. The van der Waals surface area contributed by atoms with E-state index in [-0.39, 0.29) is 6.61 Å². The van der Waals surface area contributed by atoms with Crippen LogP contribution in [-0.4, -0.2) is 35.1 Å². The van der Waals surface area contributed by atoms with Crippen molar-refractivity contribution in [3.05, 3.63) is 82.7 Å². The van der Waals surface area contributed by atoms with Crippen molar-refractivity contribution < 1.29 is 14.9 Å². The summed E-state index contributed by atoms with van der Waals surface area (Å²) in [5.74, 6) is 0.595. The van der Waals surface area contributed by atoms with Gasteiger partial charge >= 0.3 is 0 Å². The van der Waals surface area contributed by atoms with Crippen molar-refractivity contribution in [1.82, 2.24) is 0 Å². The lowest BCUT2D eigenvalue weighted by Gasteiger charge is -2.21. The molecule has 124 valence electrons. The second kappa shape index (κ2) is 9.37. The third-order valence-corrected chi connectivity index (χ3v) is 3.39. The van der Waals surface area contributed by atoms with Crippen LogP contribution in [0.15, 0.2) is 71.9 Å². The molecule has 0 aliphatic carbocycles. The Bertz CT molecular complexity index is 685. The zero-order valence-electron chi connectivity index (χ0n) is 13.0. The summed E-state index contributed by atoms with van der Waals surface area (Å²) in [5, 5.41) is 23.8. The fourth-order valence-corrected chi connectivity index (χ4v) is 2.08. The van der Waals surface area contributed by atoms with Crippen LogP contribution in [0.3, 0.4) is 0 Å². The number of hydrogen-bond donors (Lipinski definition) is 2. The lowest BCUT2D eigenvalue weighted by atomic mass is 10.1. The van der Waals surface area contributed by atoms with Crippen molar-refractivity contribution in [3.8, 4) is 5.75 Å². The third kappa shape index (κ3) is 5.44. The number of hydrogen-bond acceptors (Lipinski definition) is 4. The van der Waals surface area contributed by atoms with Crippen LogP contribution < -0.4 is 4.74 Å². The van der Waals surface area contributed by atoms with Gasteiger partial charge < -0.3 is 14.9 Å². The molecule has 3 atom stereocenters. The van der Waals surface area contributed by atoms with Crippen LogP contribution in [0.4, 0.5) is 0 Å². The predicted molar refractivity (Wildman–Crippen MR) is 92.4 cm³/mol. The quantitative estimate of drug-likeness (QED) is 0.443. The summed E-state index contributed by atoms with van der Waals surface area (Å²) in [4.78, 5) is 2.72. The molecule has 24 heavy (non-hydrogen) atoms. The molecule has 0 aromatic heterocycles. The normalized spacial score (nSPS) is 14.6. The van der Waals surface area contributed by atoms with Gasteiger partial charge in [0, 0.05) is 4.91 Å². The molecule has 0 fully saturated rings. The van der Waals surface area contributed by atoms with Crippen molar-refractivity contribution in [3.63, 3.8) is 0 Å².